The first-order chi connectivity index (χ1) is 10.1. The summed E-state index contributed by atoms with van der Waals surface area (Å²) >= 11 is 0. The van der Waals surface area contributed by atoms with Gasteiger partial charge in [-0.15, -0.1) is 0 Å². The Bertz CT molecular complexity index is 527. The van der Waals surface area contributed by atoms with Gasteiger partial charge in [0, 0.05) is 38.2 Å². The minimum Gasteiger partial charge on any atom is -0.497 e. The molecule has 114 valence electrons. The number of anilines is 1. The van der Waals surface area contributed by atoms with Crippen molar-refractivity contribution in [1.29, 1.82) is 0 Å². The van der Waals surface area contributed by atoms with Crippen molar-refractivity contribution in [2.45, 2.75) is 19.3 Å². The van der Waals surface area contributed by atoms with E-state index in [1.807, 2.05) is 4.90 Å². The van der Waals surface area contributed by atoms with Crippen LogP contribution in [-0.4, -0.2) is 42.5 Å². The summed E-state index contributed by atoms with van der Waals surface area (Å²) in [4.78, 5) is 24.3. The van der Waals surface area contributed by atoms with E-state index in [2.05, 4.69) is 5.32 Å². The Morgan fingerprint density at radius 3 is 2.76 bits per heavy atom. The highest BCUT2D eigenvalue weighted by molar-refractivity contribution is 5.77. The summed E-state index contributed by atoms with van der Waals surface area (Å²) in [5.74, 6) is 0.625. The molecule has 1 aromatic rings. The predicted molar refractivity (Wildman–Crippen MR) is 78.6 cm³/mol. The molecule has 1 heterocycles. The molecule has 1 aliphatic rings. The zero-order valence-corrected chi connectivity index (χ0v) is 12.0. The first kappa shape index (κ1) is 15.1. The van der Waals surface area contributed by atoms with Crippen LogP contribution in [0.5, 0.6) is 5.75 Å². The van der Waals surface area contributed by atoms with Crippen LogP contribution in [0, 0.1) is 10.1 Å². The third kappa shape index (κ3) is 3.84. The molecular weight excluding hydrogens is 274 g/mol. The molecule has 7 heteroatoms. The monoisotopic (exact) mass is 293 g/mol. The fraction of sp³-hybridized carbons (Fsp3) is 0.500. The van der Waals surface area contributed by atoms with Crippen LogP contribution in [0.3, 0.4) is 0 Å². The number of nitro benzene ring substituents is 1. The lowest BCUT2D eigenvalue weighted by molar-refractivity contribution is -0.384. The molecule has 21 heavy (non-hydrogen) atoms. The zero-order valence-electron chi connectivity index (χ0n) is 12.0. The number of nitrogens with one attached hydrogen (secondary N) is 1. The second-order valence-electron chi connectivity index (χ2n) is 4.90. The lowest BCUT2D eigenvalue weighted by Crippen LogP contribution is -2.29. The molecule has 0 aliphatic carbocycles. The van der Waals surface area contributed by atoms with Crippen LogP contribution >= 0.6 is 0 Å². The van der Waals surface area contributed by atoms with Gasteiger partial charge in [-0.2, -0.15) is 0 Å². The summed E-state index contributed by atoms with van der Waals surface area (Å²) in [6.45, 7) is 2.00. The number of nitrogens with zero attached hydrogens (tertiary/aromatic N) is 2. The third-order valence-corrected chi connectivity index (χ3v) is 3.51. The normalized spacial score (nSPS) is 14.0. The molecule has 1 saturated heterocycles. The SMILES string of the molecule is COc1ccc([N+](=O)[O-])c(NCCC(=O)N2CCCC2)c1. The molecule has 7 nitrogen and oxygen atoms in total. The Hall–Kier alpha value is -2.31. The van der Waals surface area contributed by atoms with Crippen molar-refractivity contribution >= 4 is 17.3 Å². The van der Waals surface area contributed by atoms with Crippen molar-refractivity contribution in [3.63, 3.8) is 0 Å². The summed E-state index contributed by atoms with van der Waals surface area (Å²) in [5.41, 5.74) is 0.345. The molecule has 1 amide bonds. The maximum absolute atomic E-state index is 11.9. The Morgan fingerprint density at radius 2 is 2.14 bits per heavy atom. The van der Waals surface area contributed by atoms with Crippen molar-refractivity contribution in [3.8, 4) is 5.75 Å². The minimum absolute atomic E-state index is 0.0237. The van der Waals surface area contributed by atoms with Gasteiger partial charge in [-0.25, -0.2) is 0 Å². The van der Waals surface area contributed by atoms with E-state index in [-0.39, 0.29) is 11.6 Å². The van der Waals surface area contributed by atoms with Crippen LogP contribution in [0.1, 0.15) is 19.3 Å². The smallest absolute Gasteiger partial charge is 0.292 e. The zero-order chi connectivity index (χ0) is 15.2. The van der Waals surface area contributed by atoms with Gasteiger partial charge in [0.15, 0.2) is 0 Å². The maximum Gasteiger partial charge on any atom is 0.292 e. The summed E-state index contributed by atoms with van der Waals surface area (Å²) in [7, 11) is 1.50. The molecule has 0 spiro atoms. The topological polar surface area (TPSA) is 84.7 Å². The summed E-state index contributed by atoms with van der Waals surface area (Å²) in [5, 5.41) is 13.9. The number of carbonyl (C=O) groups is 1. The fourth-order valence-electron chi connectivity index (χ4n) is 2.37. The first-order valence-corrected chi connectivity index (χ1v) is 6.96. The molecule has 0 aromatic heterocycles. The number of ether oxygens (including phenoxy) is 1. The van der Waals surface area contributed by atoms with Gasteiger partial charge in [0.1, 0.15) is 11.4 Å². The average Bonchev–Trinajstić information content (AvgIpc) is 3.01. The van der Waals surface area contributed by atoms with E-state index < -0.39 is 4.92 Å². The molecule has 1 N–H and O–H groups in total. The van der Waals surface area contributed by atoms with Gasteiger partial charge < -0.3 is 15.0 Å². The highest BCUT2D eigenvalue weighted by Gasteiger charge is 2.18. The van der Waals surface area contributed by atoms with E-state index >= 15 is 0 Å². The second-order valence-corrected chi connectivity index (χ2v) is 4.90. The maximum atomic E-state index is 11.9. The van der Waals surface area contributed by atoms with Crippen molar-refractivity contribution in [3.05, 3.63) is 28.3 Å². The van der Waals surface area contributed by atoms with E-state index in [1.54, 1.807) is 12.1 Å². The number of hydrogen-bond donors (Lipinski definition) is 1. The number of benzene rings is 1. The lowest BCUT2D eigenvalue weighted by Gasteiger charge is -2.15. The Morgan fingerprint density at radius 1 is 1.43 bits per heavy atom. The molecule has 1 aliphatic heterocycles. The molecular formula is C14H19N3O4. The van der Waals surface area contributed by atoms with Crippen LogP contribution in [0.4, 0.5) is 11.4 Å². The summed E-state index contributed by atoms with van der Waals surface area (Å²) in [6, 6.07) is 4.50. The number of amides is 1. The number of likely N-dealkylation sites (tertiary alicyclic amines) is 1. The predicted octanol–water partition coefficient (Wildman–Crippen LogP) is 2.03. The van der Waals surface area contributed by atoms with Crippen molar-refractivity contribution in [1.82, 2.24) is 4.90 Å². The first-order valence-electron chi connectivity index (χ1n) is 6.96. The molecule has 0 radical (unpaired) electrons. The quantitative estimate of drug-likeness (QED) is 0.640. The van der Waals surface area contributed by atoms with Gasteiger partial charge >= 0.3 is 0 Å². The summed E-state index contributed by atoms with van der Waals surface area (Å²) < 4.78 is 5.06. The van der Waals surface area contributed by atoms with E-state index in [9.17, 15) is 14.9 Å². The molecule has 1 fully saturated rings. The second kappa shape index (κ2) is 6.92. The molecule has 1 aromatic carbocycles. The van der Waals surface area contributed by atoms with Gasteiger partial charge in [-0.3, -0.25) is 14.9 Å². The average molecular weight is 293 g/mol. The van der Waals surface area contributed by atoms with Crippen LogP contribution in [0.25, 0.3) is 0 Å². The Balaban J connectivity index is 1.95. The van der Waals surface area contributed by atoms with Crippen LogP contribution in [0.15, 0.2) is 18.2 Å². The number of rotatable bonds is 6. The number of carbonyl (C=O) groups excluding carboxylic acids is 1. The number of nitro groups is 1. The summed E-state index contributed by atoms with van der Waals surface area (Å²) in [6.07, 6.45) is 2.44. The van der Waals surface area contributed by atoms with E-state index in [1.165, 1.54) is 13.2 Å². The molecule has 0 saturated carbocycles. The van der Waals surface area contributed by atoms with E-state index in [0.717, 1.165) is 25.9 Å². The van der Waals surface area contributed by atoms with Gasteiger partial charge in [-0.05, 0) is 18.9 Å². The van der Waals surface area contributed by atoms with Crippen molar-refractivity contribution in [2.75, 3.05) is 32.1 Å². The molecule has 2 rings (SSSR count). The van der Waals surface area contributed by atoms with Crippen LogP contribution in [-0.2, 0) is 4.79 Å². The largest absolute Gasteiger partial charge is 0.497 e. The Kier molecular flexibility index (Phi) is 4.97. The molecule has 0 unspecified atom stereocenters. The third-order valence-electron chi connectivity index (χ3n) is 3.51. The van der Waals surface area contributed by atoms with Gasteiger partial charge in [0.05, 0.1) is 12.0 Å². The van der Waals surface area contributed by atoms with Crippen molar-refractivity contribution < 1.29 is 14.5 Å². The fourth-order valence-corrected chi connectivity index (χ4v) is 2.37. The van der Waals surface area contributed by atoms with Gasteiger partial charge in [0.2, 0.25) is 5.91 Å². The number of hydrogen-bond acceptors (Lipinski definition) is 5. The molecule has 0 atom stereocenters. The van der Waals surface area contributed by atoms with E-state index in [0.29, 0.717) is 24.4 Å². The van der Waals surface area contributed by atoms with Gasteiger partial charge in [0.25, 0.3) is 5.69 Å². The van der Waals surface area contributed by atoms with E-state index in [4.69, 9.17) is 4.74 Å². The molecule has 0 bridgehead atoms. The van der Waals surface area contributed by atoms with Crippen LogP contribution < -0.4 is 10.1 Å². The number of methoxy groups -OCH3 is 1. The van der Waals surface area contributed by atoms with Crippen LogP contribution in [0.2, 0.25) is 0 Å². The Labute approximate surface area is 123 Å². The van der Waals surface area contributed by atoms with Gasteiger partial charge in [-0.1, -0.05) is 0 Å². The lowest BCUT2D eigenvalue weighted by atomic mass is 10.2. The minimum atomic E-state index is -0.454. The highest BCUT2D eigenvalue weighted by atomic mass is 16.6. The standard InChI is InChI=1S/C14H19N3O4/c1-21-11-4-5-13(17(19)20)12(10-11)15-7-6-14(18)16-8-2-3-9-16/h4-5,10,15H,2-3,6-9H2,1H3. The van der Waals surface area contributed by atoms with Crippen molar-refractivity contribution in [2.24, 2.45) is 0 Å². The highest BCUT2D eigenvalue weighted by Crippen LogP contribution is 2.28.